The summed E-state index contributed by atoms with van der Waals surface area (Å²) in [6, 6.07) is 2.67. The van der Waals surface area contributed by atoms with Gasteiger partial charge in [-0.25, -0.2) is 4.98 Å². The third-order valence-corrected chi connectivity index (χ3v) is 3.39. The van der Waals surface area contributed by atoms with Gasteiger partial charge in [0.25, 0.3) is 5.91 Å². The summed E-state index contributed by atoms with van der Waals surface area (Å²) in [7, 11) is 0. The molecule has 6 heteroatoms. The number of rotatable bonds is 2. The molecule has 1 aromatic heterocycles. The topological polar surface area (TPSA) is 96.5 Å². The number of aromatic nitrogens is 1. The summed E-state index contributed by atoms with van der Waals surface area (Å²) in [6.07, 6.45) is 3.82. The Bertz CT molecular complexity index is 586. The Morgan fingerprint density at radius 2 is 2.24 bits per heavy atom. The number of aliphatic hydroxyl groups excluding tert-OH is 1. The van der Waals surface area contributed by atoms with Gasteiger partial charge in [0.2, 0.25) is 5.91 Å². The smallest absolute Gasteiger partial charge is 0.273 e. The second kappa shape index (κ2) is 6.86. The summed E-state index contributed by atoms with van der Waals surface area (Å²) in [5, 5.41) is 8.62. The van der Waals surface area contributed by atoms with Crippen molar-refractivity contribution in [3.05, 3.63) is 29.6 Å². The highest BCUT2D eigenvalue weighted by Crippen LogP contribution is 2.19. The van der Waals surface area contributed by atoms with Crippen molar-refractivity contribution in [3.8, 4) is 11.8 Å². The van der Waals surface area contributed by atoms with E-state index in [4.69, 9.17) is 10.8 Å². The maximum Gasteiger partial charge on any atom is 0.273 e. The molecule has 0 spiro atoms. The number of primary amides is 1. The van der Waals surface area contributed by atoms with Crippen LogP contribution in [-0.4, -0.2) is 46.0 Å². The molecule has 1 fully saturated rings. The monoisotopic (exact) mass is 287 g/mol. The summed E-state index contributed by atoms with van der Waals surface area (Å²) in [5.74, 6) is 4.44. The zero-order valence-corrected chi connectivity index (χ0v) is 11.6. The molecule has 3 N–H and O–H groups in total. The predicted molar refractivity (Wildman–Crippen MR) is 76.1 cm³/mol. The van der Waals surface area contributed by atoms with Crippen molar-refractivity contribution in [2.24, 2.45) is 5.73 Å². The minimum Gasteiger partial charge on any atom is -0.384 e. The average molecular weight is 287 g/mol. The van der Waals surface area contributed by atoms with Gasteiger partial charge >= 0.3 is 0 Å². The number of aliphatic hydroxyl groups is 1. The highest BCUT2D eigenvalue weighted by molar-refractivity contribution is 5.96. The normalized spacial score (nSPS) is 17.8. The second-order valence-corrected chi connectivity index (χ2v) is 4.80. The Balaban J connectivity index is 2.16. The van der Waals surface area contributed by atoms with E-state index in [1.165, 1.54) is 11.1 Å². The van der Waals surface area contributed by atoms with Crippen molar-refractivity contribution < 1.29 is 14.7 Å². The number of hydrogen-bond acceptors (Lipinski definition) is 4. The first kappa shape index (κ1) is 15.0. The number of hydrogen-bond donors (Lipinski definition) is 2. The van der Waals surface area contributed by atoms with Gasteiger partial charge in [-0.1, -0.05) is 11.8 Å². The maximum absolute atomic E-state index is 12.4. The first-order chi connectivity index (χ1) is 10.1. The minimum atomic E-state index is -0.554. The number of nitrogens with two attached hydrogens (primary N) is 1. The van der Waals surface area contributed by atoms with E-state index in [2.05, 4.69) is 16.8 Å². The molecule has 0 aromatic carbocycles. The molecular weight excluding hydrogens is 270 g/mol. The summed E-state index contributed by atoms with van der Waals surface area (Å²) in [6.45, 7) is 0.287. The van der Waals surface area contributed by atoms with E-state index in [1.807, 2.05) is 0 Å². The van der Waals surface area contributed by atoms with E-state index < -0.39 is 11.9 Å². The standard InChI is InChI=1S/C15H17N3O3/c16-14(20)13-5-1-2-8-18(13)15(21)12-7-6-11(10-17-12)4-3-9-19/h6-7,10,13,19H,1-2,5,8-9H2,(H2,16,20). The third-order valence-electron chi connectivity index (χ3n) is 3.39. The van der Waals surface area contributed by atoms with E-state index in [1.54, 1.807) is 12.1 Å². The maximum atomic E-state index is 12.4. The van der Waals surface area contributed by atoms with Gasteiger partial charge < -0.3 is 15.7 Å². The van der Waals surface area contributed by atoms with Crippen LogP contribution in [0.5, 0.6) is 0 Å². The van der Waals surface area contributed by atoms with E-state index >= 15 is 0 Å². The Kier molecular flexibility index (Phi) is 4.90. The van der Waals surface area contributed by atoms with Gasteiger partial charge in [-0.3, -0.25) is 9.59 Å². The van der Waals surface area contributed by atoms with Crippen LogP contribution in [0.4, 0.5) is 0 Å². The number of amides is 2. The van der Waals surface area contributed by atoms with Crippen LogP contribution in [0.3, 0.4) is 0 Å². The molecule has 0 aliphatic carbocycles. The van der Waals surface area contributed by atoms with Gasteiger partial charge in [-0.15, -0.1) is 0 Å². The molecular formula is C15H17N3O3. The molecule has 1 atom stereocenters. The Morgan fingerprint density at radius 3 is 2.86 bits per heavy atom. The highest BCUT2D eigenvalue weighted by Gasteiger charge is 2.31. The molecule has 1 aliphatic heterocycles. The van der Waals surface area contributed by atoms with Gasteiger partial charge in [-0.05, 0) is 31.4 Å². The number of nitrogens with zero attached hydrogens (tertiary/aromatic N) is 2. The number of piperidine rings is 1. The number of pyridine rings is 1. The minimum absolute atomic E-state index is 0.227. The fraction of sp³-hybridized carbons (Fsp3) is 0.400. The predicted octanol–water partition coefficient (Wildman–Crippen LogP) is -0.0946. The molecule has 1 saturated heterocycles. The molecule has 2 amide bonds. The van der Waals surface area contributed by atoms with Crippen LogP contribution in [0.15, 0.2) is 18.3 Å². The van der Waals surface area contributed by atoms with Crippen LogP contribution in [0.25, 0.3) is 0 Å². The molecule has 110 valence electrons. The highest BCUT2D eigenvalue weighted by atomic mass is 16.2. The first-order valence-corrected chi connectivity index (χ1v) is 6.79. The lowest BCUT2D eigenvalue weighted by molar-refractivity contribution is -0.123. The molecule has 0 saturated carbocycles. The lowest BCUT2D eigenvalue weighted by Crippen LogP contribution is -2.50. The second-order valence-electron chi connectivity index (χ2n) is 4.80. The Hall–Kier alpha value is -2.39. The fourth-order valence-electron chi connectivity index (χ4n) is 2.35. The van der Waals surface area contributed by atoms with Crippen LogP contribution < -0.4 is 5.73 Å². The van der Waals surface area contributed by atoms with Crippen LogP contribution in [0.2, 0.25) is 0 Å². The lowest BCUT2D eigenvalue weighted by Gasteiger charge is -2.33. The summed E-state index contributed by atoms with van der Waals surface area (Å²) in [4.78, 5) is 29.4. The van der Waals surface area contributed by atoms with E-state index in [9.17, 15) is 9.59 Å². The number of carbonyl (C=O) groups excluding carboxylic acids is 2. The number of likely N-dealkylation sites (tertiary alicyclic amines) is 1. The van der Waals surface area contributed by atoms with Gasteiger partial charge in [-0.2, -0.15) is 0 Å². The summed E-state index contributed by atoms with van der Waals surface area (Å²) >= 11 is 0. The summed E-state index contributed by atoms with van der Waals surface area (Å²) in [5.41, 5.74) is 6.24. The molecule has 1 unspecified atom stereocenters. The SMILES string of the molecule is NC(=O)C1CCCCN1C(=O)c1ccc(C#CCO)cn1. The van der Waals surface area contributed by atoms with Crippen molar-refractivity contribution in [3.63, 3.8) is 0 Å². The lowest BCUT2D eigenvalue weighted by atomic mass is 10.0. The van der Waals surface area contributed by atoms with E-state index in [0.29, 0.717) is 18.5 Å². The van der Waals surface area contributed by atoms with Crippen LogP contribution in [0, 0.1) is 11.8 Å². The molecule has 21 heavy (non-hydrogen) atoms. The largest absolute Gasteiger partial charge is 0.384 e. The average Bonchev–Trinajstić information content (AvgIpc) is 2.52. The Morgan fingerprint density at radius 1 is 1.43 bits per heavy atom. The van der Waals surface area contributed by atoms with Crippen molar-refractivity contribution in [2.45, 2.75) is 25.3 Å². The fourth-order valence-corrected chi connectivity index (χ4v) is 2.35. The molecule has 1 aromatic rings. The molecule has 2 heterocycles. The van der Waals surface area contributed by atoms with Crippen molar-refractivity contribution in [2.75, 3.05) is 13.2 Å². The summed E-state index contributed by atoms with van der Waals surface area (Å²) < 4.78 is 0. The van der Waals surface area contributed by atoms with Gasteiger partial charge in [0.15, 0.2) is 0 Å². The third kappa shape index (κ3) is 3.58. The van der Waals surface area contributed by atoms with Crippen molar-refractivity contribution in [1.82, 2.24) is 9.88 Å². The van der Waals surface area contributed by atoms with Gasteiger partial charge in [0, 0.05) is 18.3 Å². The number of carbonyl (C=O) groups is 2. The van der Waals surface area contributed by atoms with Crippen LogP contribution in [-0.2, 0) is 4.79 Å². The molecule has 6 nitrogen and oxygen atoms in total. The van der Waals surface area contributed by atoms with Crippen LogP contribution in [0.1, 0.15) is 35.3 Å². The van der Waals surface area contributed by atoms with Gasteiger partial charge in [0.1, 0.15) is 18.3 Å². The zero-order valence-electron chi connectivity index (χ0n) is 11.6. The van der Waals surface area contributed by atoms with Gasteiger partial charge in [0.05, 0.1) is 0 Å². The van der Waals surface area contributed by atoms with Crippen molar-refractivity contribution >= 4 is 11.8 Å². The first-order valence-electron chi connectivity index (χ1n) is 6.79. The Labute approximate surface area is 123 Å². The quantitative estimate of drug-likeness (QED) is 0.743. The molecule has 0 bridgehead atoms. The van der Waals surface area contributed by atoms with Crippen molar-refractivity contribution in [1.29, 1.82) is 0 Å². The van der Waals surface area contributed by atoms with Crippen LogP contribution >= 0.6 is 0 Å². The zero-order chi connectivity index (χ0) is 15.2. The van der Waals surface area contributed by atoms with E-state index in [-0.39, 0.29) is 18.2 Å². The molecule has 0 radical (unpaired) electrons. The van der Waals surface area contributed by atoms with E-state index in [0.717, 1.165) is 12.8 Å². The molecule has 2 rings (SSSR count). The molecule has 1 aliphatic rings.